The quantitative estimate of drug-likeness (QED) is 0.747. The molecule has 0 saturated carbocycles. The van der Waals surface area contributed by atoms with Crippen LogP contribution in [0, 0.1) is 5.92 Å². The zero-order valence-corrected chi connectivity index (χ0v) is 12.6. The van der Waals surface area contributed by atoms with Crippen molar-refractivity contribution < 1.29 is 0 Å². The Hall–Kier alpha value is -0.540. The second kappa shape index (κ2) is 4.99. The fourth-order valence-electron chi connectivity index (χ4n) is 1.98. The molecule has 2 nitrogen and oxygen atoms in total. The molecule has 0 aliphatic heterocycles. The van der Waals surface area contributed by atoms with E-state index in [0.717, 1.165) is 27.9 Å². The van der Waals surface area contributed by atoms with E-state index in [2.05, 4.69) is 45.4 Å². The van der Waals surface area contributed by atoms with Gasteiger partial charge in [-0.05, 0) is 31.0 Å². The minimum Gasteiger partial charge on any atom is -0.326 e. The molecule has 0 N–H and O–H groups in total. The third-order valence-corrected chi connectivity index (χ3v) is 3.33. The topological polar surface area (TPSA) is 17.8 Å². The van der Waals surface area contributed by atoms with Gasteiger partial charge in [-0.25, -0.2) is 4.98 Å². The number of rotatable bonds is 3. The lowest BCUT2D eigenvalue weighted by Gasteiger charge is -2.12. The molecular formula is C13H16BrClN2. The summed E-state index contributed by atoms with van der Waals surface area (Å²) in [4.78, 5) is 4.62. The van der Waals surface area contributed by atoms with Crippen LogP contribution in [0.2, 0.25) is 0 Å². The maximum Gasteiger partial charge on any atom is 0.127 e. The summed E-state index contributed by atoms with van der Waals surface area (Å²) in [5, 5.41) is -0.0695. The summed E-state index contributed by atoms with van der Waals surface area (Å²) < 4.78 is 3.30. The van der Waals surface area contributed by atoms with E-state index in [0.29, 0.717) is 5.92 Å². The number of hydrogen-bond acceptors (Lipinski definition) is 1. The molecule has 1 aromatic carbocycles. The van der Waals surface area contributed by atoms with Crippen molar-refractivity contribution in [2.24, 2.45) is 5.92 Å². The van der Waals surface area contributed by atoms with Crippen LogP contribution in [0.25, 0.3) is 11.0 Å². The molecule has 0 bridgehead atoms. The fourth-order valence-corrected chi connectivity index (χ4v) is 2.49. The van der Waals surface area contributed by atoms with Crippen molar-refractivity contribution in [2.75, 3.05) is 0 Å². The molecule has 92 valence electrons. The van der Waals surface area contributed by atoms with Gasteiger partial charge in [-0.3, -0.25) is 0 Å². The molecule has 0 aliphatic carbocycles. The first-order valence-corrected chi connectivity index (χ1v) is 7.01. The standard InChI is InChI=1S/C13H16BrClN2/c1-8(2)7-17-12-6-10(14)4-5-11(12)16-13(17)9(3)15/h4-6,8-9H,7H2,1-3H3. The minimum atomic E-state index is -0.0695. The second-order valence-corrected chi connectivity index (χ2v) is 6.29. The number of nitrogens with zero attached hydrogens (tertiary/aromatic N) is 2. The van der Waals surface area contributed by atoms with Gasteiger partial charge in [0.1, 0.15) is 5.82 Å². The SMILES string of the molecule is CC(C)Cn1c(C(C)Cl)nc2ccc(Br)cc21. The number of alkyl halides is 1. The number of hydrogen-bond donors (Lipinski definition) is 0. The predicted molar refractivity (Wildman–Crippen MR) is 76.5 cm³/mol. The lowest BCUT2D eigenvalue weighted by molar-refractivity contribution is 0.517. The largest absolute Gasteiger partial charge is 0.326 e. The highest BCUT2D eigenvalue weighted by Crippen LogP contribution is 2.27. The molecule has 1 aromatic heterocycles. The molecule has 4 heteroatoms. The summed E-state index contributed by atoms with van der Waals surface area (Å²) >= 11 is 9.71. The predicted octanol–water partition coefficient (Wildman–Crippen LogP) is 4.75. The zero-order valence-electron chi connectivity index (χ0n) is 10.2. The lowest BCUT2D eigenvalue weighted by atomic mass is 10.2. The summed E-state index contributed by atoms with van der Waals surface area (Å²) in [6, 6.07) is 6.14. The molecule has 0 spiro atoms. The van der Waals surface area contributed by atoms with E-state index < -0.39 is 0 Å². The summed E-state index contributed by atoms with van der Waals surface area (Å²) in [5.41, 5.74) is 2.16. The van der Waals surface area contributed by atoms with Crippen molar-refractivity contribution in [3.63, 3.8) is 0 Å². The first kappa shape index (κ1) is 12.9. The van der Waals surface area contributed by atoms with E-state index in [4.69, 9.17) is 11.6 Å². The molecule has 2 rings (SSSR count). The number of fused-ring (bicyclic) bond motifs is 1. The van der Waals surface area contributed by atoms with Crippen LogP contribution in [0.1, 0.15) is 32.0 Å². The number of benzene rings is 1. The van der Waals surface area contributed by atoms with Crippen molar-refractivity contribution in [3.8, 4) is 0 Å². The van der Waals surface area contributed by atoms with E-state index in [-0.39, 0.29) is 5.38 Å². The van der Waals surface area contributed by atoms with Gasteiger partial charge >= 0.3 is 0 Å². The van der Waals surface area contributed by atoms with Gasteiger partial charge in [0.05, 0.1) is 16.4 Å². The van der Waals surface area contributed by atoms with Crippen LogP contribution < -0.4 is 0 Å². The smallest absolute Gasteiger partial charge is 0.127 e. The molecule has 0 radical (unpaired) electrons. The van der Waals surface area contributed by atoms with E-state index in [1.807, 2.05) is 19.1 Å². The van der Waals surface area contributed by atoms with Crippen molar-refractivity contribution in [1.29, 1.82) is 0 Å². The highest BCUT2D eigenvalue weighted by Gasteiger charge is 2.15. The van der Waals surface area contributed by atoms with Crippen LogP contribution in [-0.2, 0) is 6.54 Å². The monoisotopic (exact) mass is 314 g/mol. The van der Waals surface area contributed by atoms with E-state index in [1.165, 1.54) is 0 Å². The van der Waals surface area contributed by atoms with Crippen molar-refractivity contribution in [1.82, 2.24) is 9.55 Å². The minimum absolute atomic E-state index is 0.0695. The molecule has 2 aromatic rings. The average molecular weight is 316 g/mol. The molecule has 1 unspecified atom stereocenters. The first-order valence-electron chi connectivity index (χ1n) is 5.78. The van der Waals surface area contributed by atoms with Crippen LogP contribution in [-0.4, -0.2) is 9.55 Å². The van der Waals surface area contributed by atoms with Crippen molar-refractivity contribution >= 4 is 38.6 Å². The Bertz CT molecular complexity index is 531. The Morgan fingerprint density at radius 1 is 1.35 bits per heavy atom. The average Bonchev–Trinajstić information content (AvgIpc) is 2.56. The first-order chi connectivity index (χ1) is 7.99. The van der Waals surface area contributed by atoms with Gasteiger partial charge < -0.3 is 4.57 Å². The van der Waals surface area contributed by atoms with Gasteiger partial charge in [0.2, 0.25) is 0 Å². The lowest BCUT2D eigenvalue weighted by Crippen LogP contribution is -2.09. The maximum absolute atomic E-state index is 6.21. The highest BCUT2D eigenvalue weighted by atomic mass is 79.9. The van der Waals surface area contributed by atoms with Crippen LogP contribution in [0.3, 0.4) is 0 Å². The summed E-state index contributed by atoms with van der Waals surface area (Å²) in [6.07, 6.45) is 0. The molecule has 0 fully saturated rings. The Morgan fingerprint density at radius 2 is 2.06 bits per heavy atom. The molecule has 0 aliphatic rings. The highest BCUT2D eigenvalue weighted by molar-refractivity contribution is 9.10. The Kier molecular flexibility index (Phi) is 3.79. The molecular weight excluding hydrogens is 300 g/mol. The van der Waals surface area contributed by atoms with Crippen LogP contribution in [0.15, 0.2) is 22.7 Å². The Morgan fingerprint density at radius 3 is 2.65 bits per heavy atom. The van der Waals surface area contributed by atoms with Gasteiger partial charge in [-0.15, -0.1) is 11.6 Å². The molecule has 0 amide bonds. The Balaban J connectivity index is 2.64. The molecule has 1 heterocycles. The van der Waals surface area contributed by atoms with Gasteiger partial charge in [-0.1, -0.05) is 29.8 Å². The second-order valence-electron chi connectivity index (χ2n) is 4.72. The number of aromatic nitrogens is 2. The van der Waals surface area contributed by atoms with E-state index in [1.54, 1.807) is 0 Å². The van der Waals surface area contributed by atoms with Gasteiger partial charge in [0.15, 0.2) is 0 Å². The van der Waals surface area contributed by atoms with Crippen molar-refractivity contribution in [3.05, 3.63) is 28.5 Å². The fraction of sp³-hybridized carbons (Fsp3) is 0.462. The van der Waals surface area contributed by atoms with Gasteiger partial charge in [0, 0.05) is 11.0 Å². The number of halogens is 2. The summed E-state index contributed by atoms with van der Waals surface area (Å²) in [5.74, 6) is 1.52. The van der Waals surface area contributed by atoms with Gasteiger partial charge in [0.25, 0.3) is 0 Å². The third-order valence-electron chi connectivity index (χ3n) is 2.64. The molecule has 0 saturated heterocycles. The zero-order chi connectivity index (χ0) is 12.6. The maximum atomic E-state index is 6.21. The van der Waals surface area contributed by atoms with Crippen LogP contribution in [0.4, 0.5) is 0 Å². The Labute approximate surface area is 115 Å². The van der Waals surface area contributed by atoms with E-state index in [9.17, 15) is 0 Å². The van der Waals surface area contributed by atoms with Crippen LogP contribution in [0.5, 0.6) is 0 Å². The summed E-state index contributed by atoms with van der Waals surface area (Å²) in [7, 11) is 0. The molecule has 17 heavy (non-hydrogen) atoms. The van der Waals surface area contributed by atoms with Crippen LogP contribution >= 0.6 is 27.5 Å². The summed E-state index contributed by atoms with van der Waals surface area (Å²) in [6.45, 7) is 7.31. The normalized spacial score (nSPS) is 13.5. The third kappa shape index (κ3) is 2.66. The van der Waals surface area contributed by atoms with Crippen molar-refractivity contribution in [2.45, 2.75) is 32.7 Å². The van der Waals surface area contributed by atoms with Gasteiger partial charge in [-0.2, -0.15) is 0 Å². The molecule has 1 atom stereocenters. The number of imidazole rings is 1. The van der Waals surface area contributed by atoms with E-state index >= 15 is 0 Å².